The lowest BCUT2D eigenvalue weighted by Crippen LogP contribution is -2.43. The molecule has 0 bridgehead atoms. The summed E-state index contributed by atoms with van der Waals surface area (Å²) in [6.45, 7) is 59.9. The second-order valence-electron chi connectivity index (χ2n) is 26.8. The Labute approximate surface area is 455 Å². The summed E-state index contributed by atoms with van der Waals surface area (Å²) in [6, 6.07) is 0. The van der Waals surface area contributed by atoms with E-state index in [1.54, 1.807) is 0 Å². The average Bonchev–Trinajstić information content (AvgIpc) is 3.63. The van der Waals surface area contributed by atoms with Crippen molar-refractivity contribution in [3.8, 4) is 11.8 Å². The summed E-state index contributed by atoms with van der Waals surface area (Å²) in [7, 11) is 0. The van der Waals surface area contributed by atoms with Crippen molar-refractivity contribution >= 4 is 34.9 Å². The van der Waals surface area contributed by atoms with Gasteiger partial charge in [-0.25, -0.2) is 0 Å². The van der Waals surface area contributed by atoms with Crippen LogP contribution in [0.5, 0.6) is 0 Å². The van der Waals surface area contributed by atoms with Crippen LogP contribution in [0.25, 0.3) is 0 Å². The molecule has 4 atom stereocenters. The highest BCUT2D eigenvalue weighted by molar-refractivity contribution is 8.01. The van der Waals surface area contributed by atoms with Crippen molar-refractivity contribution in [2.75, 3.05) is 0 Å². The minimum Gasteiger partial charge on any atom is -0.375 e. The largest absolute Gasteiger partial charge is 0.375 e. The lowest BCUT2D eigenvalue weighted by Gasteiger charge is -2.44. The molecule has 0 saturated heterocycles. The van der Waals surface area contributed by atoms with Gasteiger partial charge in [-0.15, -0.1) is 23.6 Å². The first-order chi connectivity index (χ1) is 33.7. The molecule has 0 aromatic carbocycles. The van der Waals surface area contributed by atoms with Crippen LogP contribution in [-0.4, -0.2) is 45.8 Å². The minimum atomic E-state index is -0.114. The van der Waals surface area contributed by atoms with Gasteiger partial charge >= 0.3 is 0 Å². The fourth-order valence-corrected chi connectivity index (χ4v) is 15.6. The molecule has 6 heteroatoms. The predicted octanol–water partition coefficient (Wildman–Crippen LogP) is 18.0. The third kappa shape index (κ3) is 17.8. The molecule has 5 fully saturated rings. The maximum absolute atomic E-state index is 12.1. The van der Waals surface area contributed by atoms with E-state index in [0.29, 0.717) is 120 Å². The number of carbonyl (C=O) groups is 4. The third-order valence-corrected chi connectivity index (χ3v) is 20.5. The Morgan fingerprint density at radius 3 is 1.30 bits per heavy atom. The third-order valence-electron chi connectivity index (χ3n) is 18.4. The van der Waals surface area contributed by atoms with Crippen LogP contribution in [0.3, 0.4) is 0 Å². The van der Waals surface area contributed by atoms with Crippen LogP contribution in [0.2, 0.25) is 0 Å². The van der Waals surface area contributed by atoms with E-state index in [1.807, 2.05) is 11.8 Å². The highest BCUT2D eigenvalue weighted by Crippen LogP contribution is 2.56. The minimum absolute atomic E-state index is 0.0822. The summed E-state index contributed by atoms with van der Waals surface area (Å²) in [4.78, 5) is 47.4. The van der Waals surface area contributed by atoms with Crippen molar-refractivity contribution in [2.45, 2.75) is 251 Å². The van der Waals surface area contributed by atoms with Gasteiger partial charge in [-0.1, -0.05) is 173 Å². The molecule has 6 aliphatic carbocycles. The molecule has 0 spiro atoms. The van der Waals surface area contributed by atoms with Crippen molar-refractivity contribution in [3.63, 3.8) is 0 Å². The molecule has 5 nitrogen and oxygen atoms in total. The van der Waals surface area contributed by atoms with E-state index in [9.17, 15) is 19.2 Å². The fourth-order valence-electron chi connectivity index (χ4n) is 14.0. The topological polar surface area (TPSA) is 77.5 Å². The van der Waals surface area contributed by atoms with E-state index < -0.39 is 0 Å². The van der Waals surface area contributed by atoms with Gasteiger partial charge in [0.05, 0.1) is 17.5 Å². The second kappa shape index (κ2) is 29.3. The number of fused-ring (bicyclic) bond motifs is 1. The van der Waals surface area contributed by atoms with Crippen molar-refractivity contribution in [1.29, 1.82) is 0 Å². The van der Waals surface area contributed by atoms with Crippen molar-refractivity contribution in [1.82, 2.24) is 0 Å². The Kier molecular flexibility index (Phi) is 26.7. The van der Waals surface area contributed by atoms with E-state index >= 15 is 0 Å². The zero-order valence-corrected chi connectivity index (χ0v) is 51.7. The lowest BCUT2D eigenvalue weighted by molar-refractivity contribution is -0.136. The first kappa shape index (κ1) is 66.6. The van der Waals surface area contributed by atoms with Crippen LogP contribution in [0.4, 0.5) is 0 Å². The number of ether oxygens (including phenoxy) is 1. The molecule has 0 radical (unpaired) electrons. The van der Waals surface area contributed by atoms with Gasteiger partial charge in [0, 0.05) is 61.0 Å². The number of Topliss-reactive ketones (excluding diaryl/α,β-unsaturated/α-hetero) is 4. The van der Waals surface area contributed by atoms with Gasteiger partial charge in [0.15, 0.2) is 0 Å². The van der Waals surface area contributed by atoms with Crippen molar-refractivity contribution < 1.29 is 23.9 Å². The van der Waals surface area contributed by atoms with E-state index in [2.05, 4.69) is 177 Å². The molecule has 6 aliphatic rings. The molecule has 0 aromatic rings. The number of carbonyl (C=O) groups excluding carboxylic acids is 4. The molecule has 6 rings (SSSR count). The zero-order valence-electron chi connectivity index (χ0n) is 50.9. The summed E-state index contributed by atoms with van der Waals surface area (Å²) in [5, 5.41) is 0.775. The van der Waals surface area contributed by atoms with Gasteiger partial charge in [-0.05, 0) is 135 Å². The van der Waals surface area contributed by atoms with E-state index in [0.717, 1.165) is 91.4 Å². The van der Waals surface area contributed by atoms with Crippen LogP contribution < -0.4 is 0 Å². The predicted molar refractivity (Wildman–Crippen MR) is 315 cm³/mol. The number of hydrogen-bond acceptors (Lipinski definition) is 6. The van der Waals surface area contributed by atoms with Gasteiger partial charge in [-0.2, -0.15) is 0 Å². The van der Waals surface area contributed by atoms with Gasteiger partial charge in [0.2, 0.25) is 0 Å². The Balaban J connectivity index is 0.000000314. The molecule has 73 heavy (non-hydrogen) atoms. The van der Waals surface area contributed by atoms with Crippen LogP contribution in [-0.2, 0) is 23.9 Å². The molecule has 0 heterocycles. The normalized spacial score (nSPS) is 24.8. The average molecular weight is 1030 g/mol. The SMILES string of the molecule is C=C1CC(=O)C(C(C)C)(C(C)C)C1.C=C1CC(=O)C(SC(C(C)C)C(C)C)C1.C=C1CC(=O)CC(C(C)C)(C(C)C)C1.C=C1CCC(C(C)C)(C(C)C)C(=O)C1.CC(C)OC(C(C)C)C1C2CCC#CCCC21. The molecule has 416 valence electrons. The summed E-state index contributed by atoms with van der Waals surface area (Å²) < 4.78 is 6.17. The first-order valence-electron chi connectivity index (χ1n) is 29.3. The molecule has 5 saturated carbocycles. The maximum atomic E-state index is 12.1. The van der Waals surface area contributed by atoms with Crippen LogP contribution in [0, 0.1) is 99.1 Å². The van der Waals surface area contributed by atoms with Crippen molar-refractivity contribution in [3.05, 3.63) is 48.6 Å². The van der Waals surface area contributed by atoms with Gasteiger partial charge in [-0.3, -0.25) is 19.2 Å². The molecule has 4 unspecified atom stereocenters. The summed E-state index contributed by atoms with van der Waals surface area (Å²) >= 11 is 1.87. The number of ketones is 4. The van der Waals surface area contributed by atoms with Crippen LogP contribution in [0.15, 0.2) is 48.6 Å². The van der Waals surface area contributed by atoms with E-state index in [-0.39, 0.29) is 21.5 Å². The van der Waals surface area contributed by atoms with Crippen LogP contribution in [0.1, 0.15) is 228 Å². The molecular weight excluding hydrogens is 917 g/mol. The van der Waals surface area contributed by atoms with E-state index in [1.165, 1.54) is 12.8 Å². The van der Waals surface area contributed by atoms with Gasteiger partial charge in [0.1, 0.15) is 23.1 Å². The second-order valence-corrected chi connectivity index (χ2v) is 28.2. The van der Waals surface area contributed by atoms with E-state index in [4.69, 9.17) is 4.74 Å². The van der Waals surface area contributed by atoms with Crippen molar-refractivity contribution in [2.24, 2.45) is 87.3 Å². The molecule has 0 N–H and O–H groups in total. The standard InChI is InChI=1S/C16H26O.C13H22OS.2C13H22O.C12H20O/c1-11(2)16(17-12(3)4)15-13-9-7-5-6-8-10-14(13)15;1-8(2)13(9(3)4)15-12-7-10(5)6-11(12)14;1-9(2)13(10(3)4)7-11(5)6-12(14)8-13;1-9(2)13(10(3)4)7-6-11(5)8-12(13)14;1-8(2)12(9(3)4)7-10(5)6-11(12)13/h11-16H,7-10H2,1-4H3;8-9,12-13H,5-7H2,1-4H3;2*9-10H,5-8H2,1-4H3;8-9H,5-7H2,1-4H3. The molecule has 0 amide bonds. The number of rotatable bonds is 14. The Hall–Kier alpha value is -2.49. The molecular formula is C67H112O5S. The fraction of sp³-hybridized carbons (Fsp3) is 0.791. The monoisotopic (exact) mass is 1030 g/mol. The number of thioether (sulfide) groups is 1. The van der Waals surface area contributed by atoms with Crippen LogP contribution >= 0.6 is 11.8 Å². The number of hydrogen-bond donors (Lipinski definition) is 0. The Bertz CT molecular complexity index is 1870. The van der Waals surface area contributed by atoms with Gasteiger partial charge in [0.25, 0.3) is 0 Å². The highest BCUT2D eigenvalue weighted by atomic mass is 32.2. The highest BCUT2D eigenvalue weighted by Gasteiger charge is 2.54. The smallest absolute Gasteiger partial charge is 0.150 e. The summed E-state index contributed by atoms with van der Waals surface area (Å²) in [5.41, 5.74) is 4.46. The van der Waals surface area contributed by atoms with Gasteiger partial charge < -0.3 is 4.74 Å². The Morgan fingerprint density at radius 2 is 0.973 bits per heavy atom. The zero-order chi connectivity index (χ0) is 56.1. The summed E-state index contributed by atoms with van der Waals surface area (Å²) in [5.74, 6) is 15.5. The number of allylic oxidation sites excluding steroid dienone is 4. The maximum Gasteiger partial charge on any atom is 0.150 e. The molecule has 0 aromatic heterocycles. The first-order valence-corrected chi connectivity index (χ1v) is 30.2. The lowest BCUT2D eigenvalue weighted by atomic mass is 9.59. The molecule has 0 aliphatic heterocycles. The summed E-state index contributed by atoms with van der Waals surface area (Å²) in [6.07, 6.45) is 13.7. The quantitative estimate of drug-likeness (QED) is 0.127. The Morgan fingerprint density at radius 1 is 0.521 bits per heavy atom.